The molecule has 0 aliphatic heterocycles. The molecule has 2 aromatic rings. The fourth-order valence-electron chi connectivity index (χ4n) is 3.22. The summed E-state index contributed by atoms with van der Waals surface area (Å²) in [4.78, 5) is 24.3. The maximum atomic E-state index is 12.2. The van der Waals surface area contributed by atoms with Gasteiger partial charge in [0.2, 0.25) is 0 Å². The molecular formula is C26H35NO7. The lowest BCUT2D eigenvalue weighted by atomic mass is 10.1. The molecule has 2 rings (SSSR count). The number of esters is 1. The summed E-state index contributed by atoms with van der Waals surface area (Å²) in [7, 11) is 0. The van der Waals surface area contributed by atoms with E-state index in [9.17, 15) is 9.59 Å². The average molecular weight is 474 g/mol. The van der Waals surface area contributed by atoms with Crippen molar-refractivity contribution >= 4 is 11.9 Å². The van der Waals surface area contributed by atoms with Crippen LogP contribution < -0.4 is 24.3 Å². The van der Waals surface area contributed by atoms with E-state index in [2.05, 4.69) is 5.32 Å². The van der Waals surface area contributed by atoms with Crippen LogP contribution in [0.4, 0.5) is 0 Å². The molecule has 0 bridgehead atoms. The minimum Gasteiger partial charge on any atom is -0.490 e. The minimum absolute atomic E-state index is 0.0339. The molecular weight excluding hydrogens is 438 g/mol. The maximum absolute atomic E-state index is 12.2. The SMILES string of the molecule is CCOc1ccc(CCNC(=O)COC(=O)Cc2ccc(OCC)c(OCC)c2)cc1OCC. The quantitative estimate of drug-likeness (QED) is 0.394. The van der Waals surface area contributed by atoms with Crippen LogP contribution >= 0.6 is 0 Å². The Labute approximate surface area is 201 Å². The summed E-state index contributed by atoms with van der Waals surface area (Å²) in [6.45, 7) is 9.77. The van der Waals surface area contributed by atoms with Crippen molar-refractivity contribution < 1.29 is 33.3 Å². The number of ether oxygens (including phenoxy) is 5. The first-order valence-electron chi connectivity index (χ1n) is 11.7. The standard InChI is InChI=1S/C26H35NO7/c1-5-30-21-11-9-19(15-23(21)32-7-3)13-14-27-25(28)18-34-26(29)17-20-10-12-22(31-6-2)24(16-20)33-8-4/h9-12,15-16H,5-8,13-14,17-18H2,1-4H3,(H,27,28). The van der Waals surface area contributed by atoms with Gasteiger partial charge in [0, 0.05) is 6.54 Å². The molecule has 8 heteroatoms. The Morgan fingerprint density at radius 2 is 1.21 bits per heavy atom. The first kappa shape index (κ1) is 26.8. The van der Waals surface area contributed by atoms with Gasteiger partial charge in [-0.3, -0.25) is 9.59 Å². The molecule has 2 aromatic carbocycles. The minimum atomic E-state index is -0.491. The molecule has 0 saturated heterocycles. The second-order valence-corrected chi connectivity index (χ2v) is 7.23. The van der Waals surface area contributed by atoms with E-state index in [0.29, 0.717) is 62.4 Å². The van der Waals surface area contributed by atoms with Gasteiger partial charge in [-0.15, -0.1) is 0 Å². The van der Waals surface area contributed by atoms with Crippen molar-refractivity contribution in [3.05, 3.63) is 47.5 Å². The molecule has 0 radical (unpaired) electrons. The van der Waals surface area contributed by atoms with Crippen molar-refractivity contribution in [3.8, 4) is 23.0 Å². The van der Waals surface area contributed by atoms with Crippen molar-refractivity contribution in [1.82, 2.24) is 5.32 Å². The summed E-state index contributed by atoms with van der Waals surface area (Å²) in [5.41, 5.74) is 1.72. The molecule has 0 spiro atoms. The first-order valence-corrected chi connectivity index (χ1v) is 11.7. The van der Waals surface area contributed by atoms with Gasteiger partial charge in [0.05, 0.1) is 32.8 Å². The predicted molar refractivity (Wildman–Crippen MR) is 129 cm³/mol. The molecule has 1 N–H and O–H groups in total. The highest BCUT2D eigenvalue weighted by atomic mass is 16.5. The summed E-state index contributed by atoms with van der Waals surface area (Å²) in [5, 5.41) is 2.76. The molecule has 0 aliphatic rings. The topological polar surface area (TPSA) is 92.3 Å². The zero-order valence-corrected chi connectivity index (χ0v) is 20.5. The highest BCUT2D eigenvalue weighted by molar-refractivity contribution is 5.81. The molecule has 0 fully saturated rings. The Kier molecular flexibility index (Phi) is 11.6. The van der Waals surface area contributed by atoms with Crippen LogP contribution in [0.3, 0.4) is 0 Å². The van der Waals surface area contributed by atoms with E-state index >= 15 is 0 Å². The largest absolute Gasteiger partial charge is 0.490 e. The number of benzene rings is 2. The smallest absolute Gasteiger partial charge is 0.310 e. The number of hydrogen-bond acceptors (Lipinski definition) is 7. The van der Waals surface area contributed by atoms with Gasteiger partial charge >= 0.3 is 5.97 Å². The Bertz CT molecular complexity index is 929. The van der Waals surface area contributed by atoms with Gasteiger partial charge in [-0.25, -0.2) is 0 Å². The number of rotatable bonds is 15. The van der Waals surface area contributed by atoms with Crippen LogP contribution in [0.1, 0.15) is 38.8 Å². The molecule has 8 nitrogen and oxygen atoms in total. The Balaban J connectivity index is 1.78. The molecule has 1 amide bonds. The molecule has 0 unspecified atom stereocenters. The second kappa shape index (κ2) is 14.7. The molecule has 0 aromatic heterocycles. The van der Waals surface area contributed by atoms with E-state index in [1.54, 1.807) is 18.2 Å². The molecule has 186 valence electrons. The maximum Gasteiger partial charge on any atom is 0.310 e. The normalized spacial score (nSPS) is 10.4. The van der Waals surface area contributed by atoms with Crippen LogP contribution in [0.25, 0.3) is 0 Å². The average Bonchev–Trinajstić information content (AvgIpc) is 2.81. The molecule has 0 heterocycles. The lowest BCUT2D eigenvalue weighted by Gasteiger charge is -2.13. The van der Waals surface area contributed by atoms with Crippen LogP contribution in [0.2, 0.25) is 0 Å². The van der Waals surface area contributed by atoms with Crippen LogP contribution in [0, 0.1) is 0 Å². The van der Waals surface area contributed by atoms with Crippen LogP contribution in [0.15, 0.2) is 36.4 Å². The zero-order valence-electron chi connectivity index (χ0n) is 20.5. The van der Waals surface area contributed by atoms with Crippen LogP contribution in [0.5, 0.6) is 23.0 Å². The van der Waals surface area contributed by atoms with Crippen molar-refractivity contribution in [2.24, 2.45) is 0 Å². The van der Waals surface area contributed by atoms with E-state index in [1.165, 1.54) is 0 Å². The lowest BCUT2D eigenvalue weighted by molar-refractivity contribution is -0.147. The van der Waals surface area contributed by atoms with E-state index < -0.39 is 5.97 Å². The van der Waals surface area contributed by atoms with Crippen molar-refractivity contribution in [2.45, 2.75) is 40.5 Å². The van der Waals surface area contributed by atoms with E-state index in [4.69, 9.17) is 23.7 Å². The Hall–Kier alpha value is -3.42. The van der Waals surface area contributed by atoms with Crippen molar-refractivity contribution in [2.75, 3.05) is 39.6 Å². The predicted octanol–water partition coefficient (Wildman–Crippen LogP) is 3.73. The monoisotopic (exact) mass is 473 g/mol. The summed E-state index contributed by atoms with van der Waals surface area (Å²) in [6, 6.07) is 11.0. The Morgan fingerprint density at radius 1 is 0.706 bits per heavy atom. The summed E-state index contributed by atoms with van der Waals surface area (Å²) in [5.74, 6) is 1.74. The van der Waals surface area contributed by atoms with Gasteiger partial charge in [0.15, 0.2) is 29.6 Å². The van der Waals surface area contributed by atoms with Crippen LogP contribution in [-0.4, -0.2) is 51.5 Å². The van der Waals surface area contributed by atoms with Gasteiger partial charge in [-0.05, 0) is 69.5 Å². The molecule has 0 atom stereocenters. The van der Waals surface area contributed by atoms with E-state index in [0.717, 1.165) is 11.1 Å². The van der Waals surface area contributed by atoms with Crippen molar-refractivity contribution in [1.29, 1.82) is 0 Å². The molecule has 0 saturated carbocycles. The number of nitrogens with one attached hydrogen (secondary N) is 1. The highest BCUT2D eigenvalue weighted by Gasteiger charge is 2.12. The number of hydrogen-bond donors (Lipinski definition) is 1. The highest BCUT2D eigenvalue weighted by Crippen LogP contribution is 2.29. The number of carbonyl (C=O) groups is 2. The van der Waals surface area contributed by atoms with Gasteiger partial charge in [0.1, 0.15) is 0 Å². The van der Waals surface area contributed by atoms with Gasteiger partial charge in [-0.2, -0.15) is 0 Å². The van der Waals surface area contributed by atoms with Gasteiger partial charge in [0.25, 0.3) is 5.91 Å². The first-order chi connectivity index (χ1) is 16.5. The lowest BCUT2D eigenvalue weighted by Crippen LogP contribution is -2.30. The van der Waals surface area contributed by atoms with Crippen LogP contribution in [-0.2, 0) is 27.2 Å². The number of carbonyl (C=O) groups excluding carboxylic acids is 2. The third-order valence-corrected chi connectivity index (χ3v) is 4.66. The summed E-state index contributed by atoms with van der Waals surface area (Å²) in [6.07, 6.45) is 0.644. The van der Waals surface area contributed by atoms with E-state index in [-0.39, 0.29) is 18.9 Å². The number of amides is 1. The second-order valence-electron chi connectivity index (χ2n) is 7.23. The third kappa shape index (κ3) is 8.84. The molecule has 0 aliphatic carbocycles. The summed E-state index contributed by atoms with van der Waals surface area (Å²) < 4.78 is 27.4. The fraction of sp³-hybridized carbons (Fsp3) is 0.462. The third-order valence-electron chi connectivity index (χ3n) is 4.66. The summed E-state index contributed by atoms with van der Waals surface area (Å²) >= 11 is 0. The fourth-order valence-corrected chi connectivity index (χ4v) is 3.22. The van der Waals surface area contributed by atoms with Gasteiger partial charge < -0.3 is 29.0 Å². The Morgan fingerprint density at radius 3 is 1.76 bits per heavy atom. The molecule has 34 heavy (non-hydrogen) atoms. The zero-order chi connectivity index (χ0) is 24.8. The van der Waals surface area contributed by atoms with Crippen molar-refractivity contribution in [3.63, 3.8) is 0 Å². The van der Waals surface area contributed by atoms with Gasteiger partial charge in [-0.1, -0.05) is 12.1 Å². The van der Waals surface area contributed by atoms with E-state index in [1.807, 2.05) is 45.9 Å².